The largest absolute Gasteiger partial charge is 0.380 e. The van der Waals surface area contributed by atoms with Crippen LogP contribution in [0.3, 0.4) is 0 Å². The van der Waals surface area contributed by atoms with Crippen LogP contribution in [0.25, 0.3) is 0 Å². The van der Waals surface area contributed by atoms with Gasteiger partial charge in [0.15, 0.2) is 0 Å². The van der Waals surface area contributed by atoms with Gasteiger partial charge in [0.2, 0.25) is 5.91 Å². The zero-order valence-corrected chi connectivity index (χ0v) is 14.9. The molecule has 5 heteroatoms. The number of imide groups is 1. The number of hydrogen-bond acceptors (Lipinski definition) is 4. The summed E-state index contributed by atoms with van der Waals surface area (Å²) in [5, 5.41) is 0. The van der Waals surface area contributed by atoms with Crippen molar-refractivity contribution in [3.63, 3.8) is 0 Å². The third-order valence-corrected chi connectivity index (χ3v) is 4.40. The monoisotopic (exact) mass is 334 g/mol. The SMILES string of the molecule is C#CCCCC[C@H](C)C(=O)N1C(=O)C=C(COC)[C@@H]1CCCCN. The lowest BCUT2D eigenvalue weighted by Gasteiger charge is -2.28. The van der Waals surface area contributed by atoms with Crippen LogP contribution in [0.15, 0.2) is 11.6 Å². The summed E-state index contributed by atoms with van der Waals surface area (Å²) in [5.41, 5.74) is 6.44. The lowest BCUT2D eigenvalue weighted by molar-refractivity contribution is -0.145. The molecule has 24 heavy (non-hydrogen) atoms. The average molecular weight is 334 g/mol. The topological polar surface area (TPSA) is 72.6 Å². The molecule has 5 nitrogen and oxygen atoms in total. The predicted octanol–water partition coefficient (Wildman–Crippen LogP) is 2.26. The van der Waals surface area contributed by atoms with Gasteiger partial charge in [0.25, 0.3) is 5.91 Å². The first-order valence-electron chi connectivity index (χ1n) is 8.76. The second-order valence-electron chi connectivity index (χ2n) is 6.35. The molecule has 0 saturated heterocycles. The van der Waals surface area contributed by atoms with Crippen molar-refractivity contribution in [2.45, 2.75) is 57.9 Å². The van der Waals surface area contributed by atoms with Crippen molar-refractivity contribution in [1.82, 2.24) is 4.90 Å². The van der Waals surface area contributed by atoms with Gasteiger partial charge >= 0.3 is 0 Å². The number of amides is 2. The molecule has 1 aliphatic rings. The van der Waals surface area contributed by atoms with Crippen molar-refractivity contribution in [1.29, 1.82) is 0 Å². The van der Waals surface area contributed by atoms with Gasteiger partial charge in [0, 0.05) is 25.5 Å². The molecule has 2 atom stereocenters. The van der Waals surface area contributed by atoms with Gasteiger partial charge in [-0.1, -0.05) is 13.3 Å². The number of nitrogens with zero attached hydrogens (tertiary/aromatic N) is 1. The van der Waals surface area contributed by atoms with Gasteiger partial charge in [-0.25, -0.2) is 0 Å². The van der Waals surface area contributed by atoms with Crippen LogP contribution in [-0.2, 0) is 14.3 Å². The Labute approximate surface area is 145 Å². The second-order valence-corrected chi connectivity index (χ2v) is 6.35. The molecular weight excluding hydrogens is 304 g/mol. The summed E-state index contributed by atoms with van der Waals surface area (Å²) in [6.07, 6.45) is 12.6. The number of hydrogen-bond donors (Lipinski definition) is 1. The Balaban J connectivity index is 2.72. The van der Waals surface area contributed by atoms with Crippen molar-refractivity contribution in [2.75, 3.05) is 20.3 Å². The summed E-state index contributed by atoms with van der Waals surface area (Å²) in [6, 6.07) is -0.190. The summed E-state index contributed by atoms with van der Waals surface area (Å²) < 4.78 is 5.19. The van der Waals surface area contributed by atoms with Gasteiger partial charge in [0.1, 0.15) is 0 Å². The zero-order valence-electron chi connectivity index (χ0n) is 14.9. The van der Waals surface area contributed by atoms with E-state index in [1.807, 2.05) is 6.92 Å². The highest BCUT2D eigenvalue weighted by atomic mass is 16.5. The summed E-state index contributed by atoms with van der Waals surface area (Å²) in [6.45, 7) is 2.87. The van der Waals surface area contributed by atoms with Gasteiger partial charge in [-0.05, 0) is 44.2 Å². The number of methoxy groups -OCH3 is 1. The van der Waals surface area contributed by atoms with Gasteiger partial charge in [-0.3, -0.25) is 14.5 Å². The van der Waals surface area contributed by atoms with E-state index in [4.69, 9.17) is 16.9 Å². The normalized spacial score (nSPS) is 18.4. The standard InChI is InChI=1S/C19H30N2O3/c1-4-5-6-7-10-15(2)19(23)21-17(11-8-9-12-20)16(14-24-3)13-18(21)22/h1,13,15,17H,5-12,14,20H2,2-3H3/t15-,17-/m0/s1. The number of carbonyl (C=O) groups is 2. The summed E-state index contributed by atoms with van der Waals surface area (Å²) in [7, 11) is 1.60. The molecular formula is C19H30N2O3. The predicted molar refractivity (Wildman–Crippen MR) is 95.0 cm³/mol. The van der Waals surface area contributed by atoms with E-state index in [1.54, 1.807) is 13.2 Å². The van der Waals surface area contributed by atoms with E-state index in [-0.39, 0.29) is 23.8 Å². The van der Waals surface area contributed by atoms with E-state index in [2.05, 4.69) is 5.92 Å². The van der Waals surface area contributed by atoms with E-state index in [9.17, 15) is 9.59 Å². The van der Waals surface area contributed by atoms with Gasteiger partial charge < -0.3 is 10.5 Å². The first-order valence-corrected chi connectivity index (χ1v) is 8.76. The minimum absolute atomic E-state index is 0.0965. The van der Waals surface area contributed by atoms with Gasteiger partial charge in [0.05, 0.1) is 12.6 Å². The molecule has 0 bridgehead atoms. The molecule has 0 fully saturated rings. The van der Waals surface area contributed by atoms with E-state index in [0.717, 1.165) is 50.5 Å². The van der Waals surface area contributed by atoms with Crippen molar-refractivity contribution in [3.05, 3.63) is 11.6 Å². The van der Waals surface area contributed by atoms with Crippen LogP contribution < -0.4 is 5.73 Å². The van der Waals surface area contributed by atoms with Crippen molar-refractivity contribution >= 4 is 11.8 Å². The molecule has 1 rings (SSSR count). The van der Waals surface area contributed by atoms with Crippen LogP contribution in [0.1, 0.15) is 51.9 Å². The van der Waals surface area contributed by atoms with Crippen LogP contribution in [0.5, 0.6) is 0 Å². The Morgan fingerprint density at radius 2 is 2.17 bits per heavy atom. The molecule has 0 saturated carbocycles. The number of ether oxygens (including phenoxy) is 1. The molecule has 0 aromatic rings. The first-order chi connectivity index (χ1) is 11.6. The Morgan fingerprint density at radius 3 is 2.79 bits per heavy atom. The molecule has 0 spiro atoms. The van der Waals surface area contributed by atoms with Gasteiger partial charge in [-0.15, -0.1) is 12.3 Å². The highest BCUT2D eigenvalue weighted by Crippen LogP contribution is 2.27. The third kappa shape index (κ3) is 5.77. The molecule has 1 heterocycles. The minimum atomic E-state index is -0.222. The maximum absolute atomic E-state index is 12.8. The smallest absolute Gasteiger partial charge is 0.253 e. The number of unbranched alkanes of at least 4 members (excludes halogenated alkanes) is 3. The first kappa shape index (κ1) is 20.4. The molecule has 2 N–H and O–H groups in total. The third-order valence-electron chi connectivity index (χ3n) is 4.40. The number of terminal acetylenes is 1. The van der Waals surface area contributed by atoms with Crippen LogP contribution >= 0.6 is 0 Å². The molecule has 0 radical (unpaired) electrons. The molecule has 2 amide bonds. The quantitative estimate of drug-likeness (QED) is 0.465. The molecule has 0 unspecified atom stereocenters. The number of rotatable bonds is 11. The Bertz CT molecular complexity index is 493. The summed E-state index contributed by atoms with van der Waals surface area (Å²) >= 11 is 0. The molecule has 0 aromatic heterocycles. The van der Waals surface area contributed by atoms with Crippen LogP contribution in [0.2, 0.25) is 0 Å². The number of nitrogens with two attached hydrogens (primary N) is 1. The summed E-state index contributed by atoms with van der Waals surface area (Å²) in [5.74, 6) is 2.11. The fraction of sp³-hybridized carbons (Fsp3) is 0.684. The maximum atomic E-state index is 12.8. The highest BCUT2D eigenvalue weighted by molar-refractivity contribution is 6.05. The Kier molecular flexibility index (Phi) is 9.36. The molecule has 134 valence electrons. The molecule has 1 aliphatic heterocycles. The van der Waals surface area contributed by atoms with E-state index in [0.29, 0.717) is 13.2 Å². The minimum Gasteiger partial charge on any atom is -0.380 e. The van der Waals surface area contributed by atoms with Crippen molar-refractivity contribution in [2.24, 2.45) is 11.7 Å². The summed E-state index contributed by atoms with van der Waals surface area (Å²) in [4.78, 5) is 26.6. The maximum Gasteiger partial charge on any atom is 0.253 e. The fourth-order valence-corrected chi connectivity index (χ4v) is 3.05. The lowest BCUT2D eigenvalue weighted by Crippen LogP contribution is -2.43. The molecule has 0 aromatic carbocycles. The Morgan fingerprint density at radius 1 is 1.42 bits per heavy atom. The zero-order chi connectivity index (χ0) is 17.9. The fourth-order valence-electron chi connectivity index (χ4n) is 3.05. The lowest BCUT2D eigenvalue weighted by atomic mass is 9.98. The Hall–Kier alpha value is -1.64. The van der Waals surface area contributed by atoms with E-state index >= 15 is 0 Å². The molecule has 0 aliphatic carbocycles. The van der Waals surface area contributed by atoms with E-state index < -0.39 is 0 Å². The van der Waals surface area contributed by atoms with Gasteiger partial charge in [-0.2, -0.15) is 0 Å². The highest BCUT2D eigenvalue weighted by Gasteiger charge is 2.38. The average Bonchev–Trinajstić information content (AvgIpc) is 2.87. The van der Waals surface area contributed by atoms with Crippen LogP contribution in [0.4, 0.5) is 0 Å². The van der Waals surface area contributed by atoms with Crippen LogP contribution in [-0.4, -0.2) is 43.0 Å². The number of carbonyl (C=O) groups excluding carboxylic acids is 2. The van der Waals surface area contributed by atoms with E-state index in [1.165, 1.54) is 4.90 Å². The van der Waals surface area contributed by atoms with Crippen LogP contribution in [0, 0.1) is 18.3 Å². The second kappa shape index (κ2) is 11.0. The van der Waals surface area contributed by atoms with Crippen molar-refractivity contribution < 1.29 is 14.3 Å². The van der Waals surface area contributed by atoms with Crippen molar-refractivity contribution in [3.8, 4) is 12.3 Å².